The van der Waals surface area contributed by atoms with E-state index in [-0.39, 0.29) is 6.42 Å². The van der Waals surface area contributed by atoms with Gasteiger partial charge in [0.2, 0.25) is 0 Å². The SMILES string of the molecule is CCC(=O)[N]NC(=O)C(Cl)(Cl)Cl. The third kappa shape index (κ3) is 4.64. The molecule has 1 radical (unpaired) electrons. The van der Waals surface area contributed by atoms with Gasteiger partial charge in [-0.05, 0) is 0 Å². The second kappa shape index (κ2) is 4.74. The Labute approximate surface area is 84.5 Å². The molecule has 0 aromatic carbocycles. The highest BCUT2D eigenvalue weighted by Crippen LogP contribution is 2.25. The average molecular weight is 232 g/mol. The van der Waals surface area contributed by atoms with Crippen LogP contribution in [0.4, 0.5) is 0 Å². The van der Waals surface area contributed by atoms with Gasteiger partial charge in [-0.15, -0.1) is 5.43 Å². The highest BCUT2D eigenvalue weighted by molar-refractivity contribution is 6.76. The maximum absolute atomic E-state index is 10.7. The lowest BCUT2D eigenvalue weighted by Crippen LogP contribution is -2.41. The van der Waals surface area contributed by atoms with E-state index in [9.17, 15) is 9.59 Å². The maximum Gasteiger partial charge on any atom is 0.292 e. The summed E-state index contributed by atoms with van der Waals surface area (Å²) in [6.45, 7) is 1.59. The molecule has 69 valence electrons. The molecule has 0 aromatic rings. The first-order chi connectivity index (χ1) is 5.38. The lowest BCUT2D eigenvalue weighted by molar-refractivity contribution is -0.128. The van der Waals surface area contributed by atoms with Crippen LogP contribution in [0.3, 0.4) is 0 Å². The van der Waals surface area contributed by atoms with Crippen LogP contribution in [-0.2, 0) is 9.59 Å². The monoisotopic (exact) mass is 231 g/mol. The van der Waals surface area contributed by atoms with Gasteiger partial charge in [0.15, 0.2) is 0 Å². The Morgan fingerprint density at radius 1 is 1.42 bits per heavy atom. The zero-order valence-corrected chi connectivity index (χ0v) is 8.37. The number of nitrogens with zero attached hydrogens (tertiary/aromatic N) is 1. The normalized spacial score (nSPS) is 10.7. The fraction of sp³-hybridized carbons (Fsp3) is 0.600. The fourth-order valence-corrected chi connectivity index (χ4v) is 0.382. The molecule has 4 nitrogen and oxygen atoms in total. The molecule has 0 aliphatic carbocycles. The van der Waals surface area contributed by atoms with E-state index >= 15 is 0 Å². The number of carbonyl (C=O) groups is 2. The van der Waals surface area contributed by atoms with E-state index < -0.39 is 15.6 Å². The van der Waals surface area contributed by atoms with Gasteiger partial charge in [-0.25, -0.2) is 5.43 Å². The number of hydrogen-bond donors (Lipinski definition) is 1. The van der Waals surface area contributed by atoms with Crippen LogP contribution in [0.15, 0.2) is 0 Å². The number of halogens is 3. The van der Waals surface area contributed by atoms with Gasteiger partial charge in [0.1, 0.15) is 0 Å². The van der Waals surface area contributed by atoms with Crippen molar-refractivity contribution < 1.29 is 9.59 Å². The van der Waals surface area contributed by atoms with Gasteiger partial charge in [-0.2, -0.15) is 0 Å². The van der Waals surface area contributed by atoms with Crippen LogP contribution in [-0.4, -0.2) is 15.6 Å². The number of amides is 2. The van der Waals surface area contributed by atoms with E-state index in [0.29, 0.717) is 0 Å². The van der Waals surface area contributed by atoms with Gasteiger partial charge in [0, 0.05) is 6.42 Å². The molecule has 12 heavy (non-hydrogen) atoms. The van der Waals surface area contributed by atoms with Crippen LogP contribution in [0.2, 0.25) is 0 Å². The van der Waals surface area contributed by atoms with Gasteiger partial charge < -0.3 is 0 Å². The van der Waals surface area contributed by atoms with Crippen molar-refractivity contribution in [1.82, 2.24) is 10.9 Å². The molecule has 0 saturated carbocycles. The number of alkyl halides is 3. The standard InChI is InChI=1S/C5H6Cl3N2O2/c1-2-3(11)9-10-4(12)5(6,7)8/h2H2,1H3,(H,10,12). The third-order valence-corrected chi connectivity index (χ3v) is 1.36. The van der Waals surface area contributed by atoms with Gasteiger partial charge in [-0.1, -0.05) is 41.7 Å². The van der Waals surface area contributed by atoms with Crippen LogP contribution in [0, 0.1) is 0 Å². The van der Waals surface area contributed by atoms with Crippen molar-refractivity contribution in [2.75, 3.05) is 0 Å². The van der Waals surface area contributed by atoms with E-state index in [4.69, 9.17) is 34.8 Å². The van der Waals surface area contributed by atoms with Gasteiger partial charge in [0.05, 0.1) is 0 Å². The van der Waals surface area contributed by atoms with Crippen LogP contribution in [0.5, 0.6) is 0 Å². The van der Waals surface area contributed by atoms with E-state index in [0.717, 1.165) is 0 Å². The van der Waals surface area contributed by atoms with Crippen LogP contribution in [0.1, 0.15) is 13.3 Å². The van der Waals surface area contributed by atoms with Crippen molar-refractivity contribution in [2.45, 2.75) is 17.1 Å². The summed E-state index contributed by atoms with van der Waals surface area (Å²) in [7, 11) is 0. The molecular formula is C5H6Cl3N2O2. The molecule has 0 rings (SSSR count). The molecular weight excluding hydrogens is 226 g/mol. The van der Waals surface area contributed by atoms with Crippen LogP contribution < -0.4 is 10.9 Å². The quantitative estimate of drug-likeness (QED) is 0.540. The Hall–Kier alpha value is -0.190. The average Bonchev–Trinajstić information content (AvgIpc) is 1.97. The Bertz CT molecular complexity index is 190. The summed E-state index contributed by atoms with van der Waals surface area (Å²) in [6, 6.07) is 0. The summed E-state index contributed by atoms with van der Waals surface area (Å²) in [4.78, 5) is 21.3. The summed E-state index contributed by atoms with van der Waals surface area (Å²) in [5.41, 5.74) is 4.93. The third-order valence-electron chi connectivity index (χ3n) is 0.842. The van der Waals surface area contributed by atoms with Gasteiger partial charge in [-0.3, -0.25) is 9.59 Å². The Kier molecular flexibility index (Phi) is 4.67. The van der Waals surface area contributed by atoms with Crippen molar-refractivity contribution in [3.05, 3.63) is 0 Å². The van der Waals surface area contributed by atoms with Crippen molar-refractivity contribution in [2.24, 2.45) is 0 Å². The first kappa shape index (κ1) is 11.8. The Balaban J connectivity index is 3.81. The second-order valence-corrected chi connectivity index (χ2v) is 4.08. The molecule has 0 heterocycles. The van der Waals surface area contributed by atoms with Crippen LogP contribution >= 0.6 is 34.8 Å². The number of carbonyl (C=O) groups excluding carboxylic acids is 2. The van der Waals surface area contributed by atoms with E-state index in [2.05, 4.69) is 5.43 Å². The van der Waals surface area contributed by atoms with Crippen molar-refractivity contribution in [1.29, 1.82) is 0 Å². The summed E-state index contributed by atoms with van der Waals surface area (Å²) >= 11 is 15.5. The molecule has 0 aromatic heterocycles. The molecule has 0 atom stereocenters. The minimum Gasteiger partial charge on any atom is -0.271 e. The molecule has 0 aliphatic rings. The Morgan fingerprint density at radius 2 is 1.92 bits per heavy atom. The summed E-state index contributed by atoms with van der Waals surface area (Å²) in [6.07, 6.45) is 0.181. The minimum absolute atomic E-state index is 0.181. The van der Waals surface area contributed by atoms with Crippen molar-refractivity contribution in [3.8, 4) is 0 Å². The fourth-order valence-electron chi connectivity index (χ4n) is 0.256. The molecule has 0 fully saturated rings. The summed E-state index contributed by atoms with van der Waals surface area (Å²) in [5.74, 6) is -1.44. The molecule has 2 amide bonds. The van der Waals surface area contributed by atoms with E-state index in [1.54, 1.807) is 6.92 Å². The predicted molar refractivity (Wildman–Crippen MR) is 45.9 cm³/mol. The number of rotatable bonds is 1. The number of hydrogen-bond acceptors (Lipinski definition) is 2. The number of nitrogens with one attached hydrogen (secondary N) is 1. The highest BCUT2D eigenvalue weighted by atomic mass is 35.6. The largest absolute Gasteiger partial charge is 0.292 e. The molecule has 0 spiro atoms. The molecule has 1 N–H and O–H groups in total. The van der Waals surface area contributed by atoms with E-state index in [1.807, 2.05) is 5.43 Å². The second-order valence-electron chi connectivity index (χ2n) is 1.80. The van der Waals surface area contributed by atoms with Gasteiger partial charge in [0.25, 0.3) is 15.6 Å². The van der Waals surface area contributed by atoms with Crippen molar-refractivity contribution in [3.63, 3.8) is 0 Å². The maximum atomic E-state index is 10.7. The first-order valence-electron chi connectivity index (χ1n) is 2.98. The summed E-state index contributed by atoms with van der Waals surface area (Å²) < 4.78 is -2.09. The zero-order valence-electron chi connectivity index (χ0n) is 6.10. The lowest BCUT2D eigenvalue weighted by atomic mass is 10.5. The molecule has 0 unspecified atom stereocenters. The molecule has 7 heteroatoms. The summed E-state index contributed by atoms with van der Waals surface area (Å²) in [5, 5.41) is 0. The first-order valence-corrected chi connectivity index (χ1v) is 4.12. The predicted octanol–water partition coefficient (Wildman–Crippen LogP) is 0.929. The van der Waals surface area contributed by atoms with Crippen LogP contribution in [0.25, 0.3) is 0 Å². The zero-order chi connectivity index (χ0) is 9.78. The topological polar surface area (TPSA) is 60.3 Å². The highest BCUT2D eigenvalue weighted by Gasteiger charge is 2.31. The van der Waals surface area contributed by atoms with Crippen molar-refractivity contribution >= 4 is 46.6 Å². The lowest BCUT2D eigenvalue weighted by Gasteiger charge is -2.08. The van der Waals surface area contributed by atoms with E-state index in [1.165, 1.54) is 0 Å². The Morgan fingerprint density at radius 3 is 2.25 bits per heavy atom. The smallest absolute Gasteiger partial charge is 0.271 e. The molecule has 0 aliphatic heterocycles. The molecule has 0 bridgehead atoms. The molecule has 0 saturated heterocycles. The minimum atomic E-state index is -2.09. The van der Waals surface area contributed by atoms with Gasteiger partial charge >= 0.3 is 0 Å².